The van der Waals surface area contributed by atoms with Crippen LogP contribution in [0.3, 0.4) is 0 Å². The summed E-state index contributed by atoms with van der Waals surface area (Å²) < 4.78 is 0. The van der Waals surface area contributed by atoms with Crippen LogP contribution in [0.5, 0.6) is 0 Å². The standard InChI is InChI=1S/C10H19N3O4/c1-11-10(17)12-5-4-13-3-2-6(14)7(13)9(16)8(5)15/h5-9,14-16H,2-4H2,1H3,(H2,11,12,17). The van der Waals surface area contributed by atoms with Crippen molar-refractivity contribution in [2.45, 2.75) is 36.8 Å². The zero-order chi connectivity index (χ0) is 12.6. The number of aliphatic hydroxyl groups excluding tert-OH is 3. The summed E-state index contributed by atoms with van der Waals surface area (Å²) in [5, 5.41) is 34.6. The molecule has 0 aromatic carbocycles. The number of hydrogen-bond acceptors (Lipinski definition) is 5. The molecule has 2 aliphatic rings. The molecule has 2 aliphatic heterocycles. The van der Waals surface area contributed by atoms with E-state index < -0.39 is 30.4 Å². The van der Waals surface area contributed by atoms with Crippen molar-refractivity contribution < 1.29 is 20.1 Å². The minimum atomic E-state index is -1.05. The lowest BCUT2D eigenvalue weighted by molar-refractivity contribution is -0.0992. The summed E-state index contributed by atoms with van der Waals surface area (Å²) in [6, 6.07) is -1.33. The van der Waals surface area contributed by atoms with Crippen LogP contribution in [0.2, 0.25) is 0 Å². The molecule has 2 amide bonds. The van der Waals surface area contributed by atoms with Gasteiger partial charge in [-0.25, -0.2) is 4.79 Å². The fourth-order valence-electron chi connectivity index (χ4n) is 2.69. The van der Waals surface area contributed by atoms with Gasteiger partial charge in [0.2, 0.25) is 0 Å². The highest BCUT2D eigenvalue weighted by atomic mass is 16.3. The molecular formula is C10H19N3O4. The number of urea groups is 1. The third-order valence-electron chi connectivity index (χ3n) is 3.61. The van der Waals surface area contributed by atoms with Gasteiger partial charge in [-0.05, 0) is 6.42 Å². The van der Waals surface area contributed by atoms with Crippen molar-refractivity contribution >= 4 is 6.03 Å². The molecule has 5 N–H and O–H groups in total. The Balaban J connectivity index is 2.05. The number of aliphatic hydroxyl groups is 3. The van der Waals surface area contributed by atoms with Crippen LogP contribution in [0.4, 0.5) is 4.79 Å². The van der Waals surface area contributed by atoms with E-state index in [4.69, 9.17) is 0 Å². The fourth-order valence-corrected chi connectivity index (χ4v) is 2.69. The normalized spacial score (nSPS) is 42.0. The SMILES string of the molecule is CNC(=O)NC1CN2CCC(O)C2C(O)C1O. The van der Waals surface area contributed by atoms with Crippen LogP contribution < -0.4 is 10.6 Å². The Labute approximate surface area is 99.4 Å². The lowest BCUT2D eigenvalue weighted by Crippen LogP contribution is -2.66. The number of rotatable bonds is 1. The maximum absolute atomic E-state index is 11.2. The predicted molar refractivity (Wildman–Crippen MR) is 59.4 cm³/mol. The smallest absolute Gasteiger partial charge is 0.314 e. The Hall–Kier alpha value is -0.890. The van der Waals surface area contributed by atoms with Crippen molar-refractivity contribution in [1.29, 1.82) is 0 Å². The van der Waals surface area contributed by atoms with Crippen molar-refractivity contribution in [2.24, 2.45) is 0 Å². The summed E-state index contributed by atoms with van der Waals surface area (Å²) in [5.74, 6) is 0. The van der Waals surface area contributed by atoms with E-state index in [1.54, 1.807) is 0 Å². The zero-order valence-corrected chi connectivity index (χ0v) is 9.71. The van der Waals surface area contributed by atoms with Crippen molar-refractivity contribution in [3.8, 4) is 0 Å². The molecule has 0 aliphatic carbocycles. The largest absolute Gasteiger partial charge is 0.391 e. The van der Waals surface area contributed by atoms with Gasteiger partial charge in [-0.3, -0.25) is 4.90 Å². The van der Waals surface area contributed by atoms with Gasteiger partial charge < -0.3 is 26.0 Å². The Morgan fingerprint density at radius 2 is 2.00 bits per heavy atom. The summed E-state index contributed by atoms with van der Waals surface area (Å²) in [6.45, 7) is 1.11. The Bertz CT molecular complexity index is 301. The van der Waals surface area contributed by atoms with Gasteiger partial charge in [0, 0.05) is 20.1 Å². The molecule has 0 saturated carbocycles. The van der Waals surface area contributed by atoms with E-state index in [-0.39, 0.29) is 6.03 Å². The van der Waals surface area contributed by atoms with Crippen LogP contribution in [0, 0.1) is 0 Å². The van der Waals surface area contributed by atoms with Gasteiger partial charge in [0.15, 0.2) is 0 Å². The molecule has 5 atom stereocenters. The fraction of sp³-hybridized carbons (Fsp3) is 0.900. The minimum absolute atomic E-state index is 0.389. The van der Waals surface area contributed by atoms with E-state index in [0.29, 0.717) is 19.5 Å². The van der Waals surface area contributed by atoms with E-state index in [1.807, 2.05) is 4.90 Å². The molecule has 17 heavy (non-hydrogen) atoms. The van der Waals surface area contributed by atoms with Crippen LogP contribution in [0.1, 0.15) is 6.42 Å². The number of carbonyl (C=O) groups is 1. The van der Waals surface area contributed by atoms with Crippen LogP contribution in [-0.2, 0) is 0 Å². The Kier molecular flexibility index (Phi) is 3.53. The third kappa shape index (κ3) is 2.23. The number of fused-ring (bicyclic) bond motifs is 1. The summed E-state index contributed by atoms with van der Waals surface area (Å²) in [7, 11) is 1.49. The number of carbonyl (C=O) groups excluding carboxylic acids is 1. The molecule has 2 heterocycles. The molecule has 2 saturated heterocycles. The van der Waals surface area contributed by atoms with Gasteiger partial charge in [-0.2, -0.15) is 0 Å². The molecule has 2 rings (SSSR count). The molecule has 0 radical (unpaired) electrons. The Morgan fingerprint density at radius 3 is 2.65 bits per heavy atom. The molecule has 5 unspecified atom stereocenters. The lowest BCUT2D eigenvalue weighted by Gasteiger charge is -2.42. The molecular weight excluding hydrogens is 226 g/mol. The molecule has 0 bridgehead atoms. The molecule has 7 heteroatoms. The van der Waals surface area contributed by atoms with Gasteiger partial charge in [0.25, 0.3) is 0 Å². The van der Waals surface area contributed by atoms with E-state index in [1.165, 1.54) is 7.05 Å². The summed E-state index contributed by atoms with van der Waals surface area (Å²) in [4.78, 5) is 13.1. The van der Waals surface area contributed by atoms with Crippen molar-refractivity contribution in [2.75, 3.05) is 20.1 Å². The predicted octanol–water partition coefficient (Wildman–Crippen LogP) is -2.55. The second kappa shape index (κ2) is 4.77. The van der Waals surface area contributed by atoms with Gasteiger partial charge in [0.1, 0.15) is 6.10 Å². The monoisotopic (exact) mass is 245 g/mol. The lowest BCUT2D eigenvalue weighted by atomic mass is 9.91. The van der Waals surface area contributed by atoms with Gasteiger partial charge >= 0.3 is 6.03 Å². The average Bonchev–Trinajstić information content (AvgIpc) is 2.67. The number of nitrogens with zero attached hydrogens (tertiary/aromatic N) is 1. The zero-order valence-electron chi connectivity index (χ0n) is 9.71. The van der Waals surface area contributed by atoms with Crippen molar-refractivity contribution in [3.05, 3.63) is 0 Å². The van der Waals surface area contributed by atoms with E-state index in [2.05, 4.69) is 10.6 Å². The number of piperidine rings is 1. The molecule has 7 nitrogen and oxygen atoms in total. The molecule has 2 fully saturated rings. The molecule has 0 aromatic rings. The second-order valence-electron chi connectivity index (χ2n) is 4.65. The molecule has 0 spiro atoms. The van der Waals surface area contributed by atoms with Gasteiger partial charge in [-0.15, -0.1) is 0 Å². The second-order valence-corrected chi connectivity index (χ2v) is 4.65. The van der Waals surface area contributed by atoms with Crippen molar-refractivity contribution in [3.63, 3.8) is 0 Å². The first kappa shape index (κ1) is 12.6. The molecule has 0 aromatic heterocycles. The molecule has 98 valence electrons. The topological polar surface area (TPSA) is 105 Å². The highest BCUT2D eigenvalue weighted by molar-refractivity contribution is 5.73. The number of nitrogens with one attached hydrogen (secondary N) is 2. The van der Waals surface area contributed by atoms with Crippen LogP contribution in [0.15, 0.2) is 0 Å². The van der Waals surface area contributed by atoms with Crippen LogP contribution in [0.25, 0.3) is 0 Å². The first-order valence-corrected chi connectivity index (χ1v) is 5.81. The average molecular weight is 245 g/mol. The number of amides is 2. The minimum Gasteiger partial charge on any atom is -0.391 e. The quantitative estimate of drug-likeness (QED) is 0.350. The van der Waals surface area contributed by atoms with Crippen LogP contribution in [-0.4, -0.2) is 76.8 Å². The third-order valence-corrected chi connectivity index (χ3v) is 3.61. The highest BCUT2D eigenvalue weighted by Crippen LogP contribution is 2.28. The van der Waals surface area contributed by atoms with Gasteiger partial charge in [0.05, 0.1) is 24.3 Å². The van der Waals surface area contributed by atoms with Crippen LogP contribution >= 0.6 is 0 Å². The summed E-state index contributed by atoms with van der Waals surface area (Å²) in [5.41, 5.74) is 0. The maximum Gasteiger partial charge on any atom is 0.314 e. The highest BCUT2D eigenvalue weighted by Gasteiger charge is 2.48. The van der Waals surface area contributed by atoms with Crippen molar-refractivity contribution in [1.82, 2.24) is 15.5 Å². The van der Waals surface area contributed by atoms with E-state index in [9.17, 15) is 20.1 Å². The van der Waals surface area contributed by atoms with E-state index in [0.717, 1.165) is 0 Å². The first-order chi connectivity index (χ1) is 8.04. The maximum atomic E-state index is 11.2. The summed E-state index contributed by atoms with van der Waals surface area (Å²) >= 11 is 0. The first-order valence-electron chi connectivity index (χ1n) is 5.81. The van der Waals surface area contributed by atoms with Gasteiger partial charge in [-0.1, -0.05) is 0 Å². The van der Waals surface area contributed by atoms with E-state index >= 15 is 0 Å². The summed E-state index contributed by atoms with van der Waals surface area (Å²) in [6.07, 6.45) is -2.12. The Morgan fingerprint density at radius 1 is 1.29 bits per heavy atom. The number of hydrogen-bond donors (Lipinski definition) is 5.